The number of benzene rings is 2. The Balaban J connectivity index is 1.43. The van der Waals surface area contributed by atoms with Crippen molar-refractivity contribution in [1.82, 2.24) is 25.0 Å². The zero-order valence-corrected chi connectivity index (χ0v) is 24.5. The van der Waals surface area contributed by atoms with E-state index in [0.29, 0.717) is 17.0 Å². The van der Waals surface area contributed by atoms with Crippen LogP contribution in [0.3, 0.4) is 0 Å². The van der Waals surface area contributed by atoms with Crippen molar-refractivity contribution in [2.45, 2.75) is 13.0 Å². The number of Topliss-reactive ketones (excluding diaryl/α,β-unsaturated/α-hetero) is 1. The number of ketones is 1. The van der Waals surface area contributed by atoms with Crippen molar-refractivity contribution in [3.8, 4) is 11.5 Å². The number of nitrogens with one attached hydrogen (secondary N) is 3. The monoisotopic (exact) mass is 570 g/mol. The summed E-state index contributed by atoms with van der Waals surface area (Å²) >= 11 is 0. The minimum absolute atomic E-state index is 0.211. The predicted molar refractivity (Wildman–Crippen MR) is 165 cm³/mol. The van der Waals surface area contributed by atoms with E-state index in [1.54, 1.807) is 32.4 Å². The SMILES string of the molecule is CNC(=O)Nc1ccc2c(c1)C(=O)/C(=C/c1c(C3=CCNCC3)n(CCN3CCN(C)CC3)c3ccc(OC)cc13)O2. The average molecular weight is 571 g/mol. The molecule has 2 amide bonds. The van der Waals surface area contributed by atoms with Gasteiger partial charge in [0.2, 0.25) is 5.78 Å². The largest absolute Gasteiger partial charge is 0.497 e. The summed E-state index contributed by atoms with van der Waals surface area (Å²) in [6, 6.07) is 10.9. The standard InChI is InChI=1S/C32H38N6O4/c1-33-32(40)35-22-4-7-28-26(18-22)31(39)29(42-28)20-25-24-19-23(41-3)5-6-27(24)38(30(25)21-8-10-34-11-9-21)17-16-37-14-12-36(2)13-15-37/h4-8,18-20,34H,9-17H2,1-3H3,(H2,33,35,40)/b29-20-. The Bertz CT molecular complexity index is 1580. The molecule has 0 spiro atoms. The highest BCUT2D eigenvalue weighted by molar-refractivity contribution is 6.16. The van der Waals surface area contributed by atoms with Crippen LogP contribution in [0.5, 0.6) is 11.5 Å². The van der Waals surface area contributed by atoms with Gasteiger partial charge in [-0.3, -0.25) is 9.69 Å². The van der Waals surface area contributed by atoms with E-state index in [1.807, 2.05) is 12.1 Å². The molecule has 42 heavy (non-hydrogen) atoms. The average Bonchev–Trinajstić information content (AvgIpc) is 3.50. The smallest absolute Gasteiger partial charge is 0.318 e. The van der Waals surface area contributed by atoms with Crippen molar-refractivity contribution < 1.29 is 19.1 Å². The maximum atomic E-state index is 13.6. The van der Waals surface area contributed by atoms with Crippen LogP contribution in [0.4, 0.5) is 10.5 Å². The van der Waals surface area contributed by atoms with Gasteiger partial charge in [-0.05, 0) is 68.1 Å². The number of methoxy groups -OCH3 is 1. The Kier molecular flexibility index (Phi) is 8.01. The molecular weight excluding hydrogens is 532 g/mol. The lowest BCUT2D eigenvalue weighted by atomic mass is 9.99. The second kappa shape index (κ2) is 12.0. The van der Waals surface area contributed by atoms with Gasteiger partial charge in [0.25, 0.3) is 0 Å². The molecule has 0 atom stereocenters. The third-order valence-corrected chi connectivity index (χ3v) is 8.34. The number of amides is 2. The highest BCUT2D eigenvalue weighted by atomic mass is 16.5. The molecule has 10 nitrogen and oxygen atoms in total. The fourth-order valence-corrected chi connectivity index (χ4v) is 5.95. The number of urea groups is 1. The molecule has 2 aromatic carbocycles. The Labute approximate surface area is 245 Å². The van der Waals surface area contributed by atoms with E-state index in [-0.39, 0.29) is 17.6 Å². The molecule has 6 rings (SSSR count). The molecule has 3 aliphatic rings. The number of aromatic nitrogens is 1. The number of ether oxygens (including phenoxy) is 2. The first-order valence-electron chi connectivity index (χ1n) is 14.5. The van der Waals surface area contributed by atoms with Crippen molar-refractivity contribution in [2.75, 3.05) is 72.3 Å². The number of rotatable bonds is 7. The molecule has 3 N–H and O–H groups in total. The van der Waals surface area contributed by atoms with Crippen LogP contribution in [0.2, 0.25) is 0 Å². The number of hydrogen-bond acceptors (Lipinski definition) is 7. The van der Waals surface area contributed by atoms with E-state index in [4.69, 9.17) is 9.47 Å². The minimum atomic E-state index is -0.352. The Morgan fingerprint density at radius 3 is 2.69 bits per heavy atom. The van der Waals surface area contributed by atoms with Gasteiger partial charge >= 0.3 is 6.03 Å². The zero-order valence-electron chi connectivity index (χ0n) is 24.5. The van der Waals surface area contributed by atoms with Crippen molar-refractivity contribution in [3.63, 3.8) is 0 Å². The summed E-state index contributed by atoms with van der Waals surface area (Å²) in [4.78, 5) is 30.4. The first kappa shape index (κ1) is 28.0. The van der Waals surface area contributed by atoms with Gasteiger partial charge in [-0.25, -0.2) is 4.79 Å². The first-order chi connectivity index (χ1) is 20.4. The molecule has 1 aromatic heterocycles. The van der Waals surface area contributed by atoms with Crippen molar-refractivity contribution >= 4 is 40.1 Å². The fourth-order valence-electron chi connectivity index (χ4n) is 5.95. The molecule has 3 aliphatic heterocycles. The molecular formula is C32H38N6O4. The summed E-state index contributed by atoms with van der Waals surface area (Å²) in [6.07, 6.45) is 5.04. The normalized spacial score (nSPS) is 18.6. The number of hydrogen-bond donors (Lipinski definition) is 3. The summed E-state index contributed by atoms with van der Waals surface area (Å²) in [5.41, 5.74) is 5.39. The zero-order chi connectivity index (χ0) is 29.2. The number of anilines is 1. The molecule has 1 fully saturated rings. The Hall–Kier alpha value is -4.12. The molecule has 0 unspecified atom stereocenters. The third-order valence-electron chi connectivity index (χ3n) is 8.34. The number of likely N-dealkylation sites (N-methyl/N-ethyl adjacent to an activating group) is 1. The molecule has 0 saturated carbocycles. The lowest BCUT2D eigenvalue weighted by Crippen LogP contribution is -2.45. The van der Waals surface area contributed by atoms with Crippen LogP contribution in [0.1, 0.15) is 28.0 Å². The van der Waals surface area contributed by atoms with Gasteiger partial charge in [0.1, 0.15) is 11.5 Å². The summed E-state index contributed by atoms with van der Waals surface area (Å²) < 4.78 is 14.2. The summed E-state index contributed by atoms with van der Waals surface area (Å²) in [5.74, 6) is 1.29. The maximum Gasteiger partial charge on any atom is 0.318 e. The number of fused-ring (bicyclic) bond motifs is 2. The van der Waals surface area contributed by atoms with E-state index >= 15 is 0 Å². The minimum Gasteiger partial charge on any atom is -0.497 e. The van der Waals surface area contributed by atoms with Crippen molar-refractivity contribution in [1.29, 1.82) is 0 Å². The van der Waals surface area contributed by atoms with Gasteiger partial charge in [-0.15, -0.1) is 0 Å². The molecule has 0 radical (unpaired) electrons. The quantitative estimate of drug-likeness (QED) is 0.373. The highest BCUT2D eigenvalue weighted by Crippen LogP contribution is 2.39. The lowest BCUT2D eigenvalue weighted by Gasteiger charge is -2.32. The summed E-state index contributed by atoms with van der Waals surface area (Å²) in [5, 5.41) is 9.70. The van der Waals surface area contributed by atoms with Gasteiger partial charge in [0, 0.05) is 75.0 Å². The molecule has 0 bridgehead atoms. The van der Waals surface area contributed by atoms with E-state index in [9.17, 15) is 9.59 Å². The number of nitrogens with zero attached hydrogens (tertiary/aromatic N) is 3. The number of carbonyl (C=O) groups excluding carboxylic acids is 2. The molecule has 4 heterocycles. The van der Waals surface area contributed by atoms with E-state index in [0.717, 1.165) is 86.7 Å². The molecule has 3 aromatic rings. The van der Waals surface area contributed by atoms with Crippen LogP contribution in [-0.2, 0) is 6.54 Å². The van der Waals surface area contributed by atoms with Crippen LogP contribution in [0.15, 0.2) is 48.2 Å². The van der Waals surface area contributed by atoms with Gasteiger partial charge in [0.05, 0.1) is 18.4 Å². The number of piperazine rings is 1. The van der Waals surface area contributed by atoms with Gasteiger partial charge in [-0.1, -0.05) is 6.08 Å². The topological polar surface area (TPSA) is 100 Å². The molecule has 1 saturated heterocycles. The fraction of sp³-hybridized carbons (Fsp3) is 0.375. The second-order valence-corrected chi connectivity index (χ2v) is 11.0. The second-order valence-electron chi connectivity index (χ2n) is 11.0. The highest BCUT2D eigenvalue weighted by Gasteiger charge is 2.30. The van der Waals surface area contributed by atoms with E-state index in [1.165, 1.54) is 5.57 Å². The van der Waals surface area contributed by atoms with Gasteiger partial charge in [-0.2, -0.15) is 0 Å². The van der Waals surface area contributed by atoms with Crippen molar-refractivity contribution in [3.05, 3.63) is 65.1 Å². The van der Waals surface area contributed by atoms with Crippen LogP contribution < -0.4 is 25.4 Å². The van der Waals surface area contributed by atoms with E-state index < -0.39 is 0 Å². The van der Waals surface area contributed by atoms with E-state index in [2.05, 4.69) is 55.6 Å². The number of carbonyl (C=O) groups is 2. The molecule has 0 aliphatic carbocycles. The van der Waals surface area contributed by atoms with Crippen molar-refractivity contribution in [2.24, 2.45) is 0 Å². The summed E-state index contributed by atoms with van der Waals surface area (Å²) in [7, 11) is 5.39. The number of allylic oxidation sites excluding steroid dienone is 1. The lowest BCUT2D eigenvalue weighted by molar-refractivity contribution is 0.101. The van der Waals surface area contributed by atoms with Gasteiger partial charge < -0.3 is 34.9 Å². The Morgan fingerprint density at radius 1 is 1.12 bits per heavy atom. The first-order valence-corrected chi connectivity index (χ1v) is 14.5. The molecule has 220 valence electrons. The molecule has 10 heteroatoms. The van der Waals surface area contributed by atoms with Gasteiger partial charge in [0.15, 0.2) is 5.76 Å². The van der Waals surface area contributed by atoms with Crippen LogP contribution in [0.25, 0.3) is 22.6 Å². The van der Waals surface area contributed by atoms with Crippen LogP contribution in [-0.4, -0.2) is 93.2 Å². The third kappa shape index (κ3) is 5.53. The van der Waals surface area contributed by atoms with Crippen LogP contribution >= 0.6 is 0 Å². The Morgan fingerprint density at radius 2 is 1.95 bits per heavy atom. The predicted octanol–water partition coefficient (Wildman–Crippen LogP) is 3.64. The maximum absolute atomic E-state index is 13.6. The summed E-state index contributed by atoms with van der Waals surface area (Å²) in [6.45, 7) is 7.73. The van der Waals surface area contributed by atoms with Crippen LogP contribution in [0, 0.1) is 0 Å².